The van der Waals surface area contributed by atoms with E-state index < -0.39 is 17.0 Å². The van der Waals surface area contributed by atoms with Crippen LogP contribution in [-0.4, -0.2) is 44.3 Å². The molecule has 1 aromatic carbocycles. The fraction of sp³-hybridized carbons (Fsp3) is 0.500. The number of hydrogen-bond acceptors (Lipinski definition) is 9. The number of unbranched alkanes of at least 4 members (excludes halogenated alkanes) is 2. The molecule has 2 rings (SSSR count). The molecule has 1 aromatic heterocycles. The second-order valence-electron chi connectivity index (χ2n) is 8.38. The third-order valence-electron chi connectivity index (χ3n) is 4.43. The summed E-state index contributed by atoms with van der Waals surface area (Å²) in [6, 6.07) is 7.91. The van der Waals surface area contributed by atoms with Crippen molar-refractivity contribution in [1.82, 2.24) is 0 Å². The number of hydrogen-bond donors (Lipinski definition) is 0. The number of carbonyl (C=O) groups is 3. The summed E-state index contributed by atoms with van der Waals surface area (Å²) in [5.74, 6) is -0.836. The van der Waals surface area contributed by atoms with E-state index in [1.165, 1.54) is 12.1 Å². The second kappa shape index (κ2) is 12.6. The zero-order valence-corrected chi connectivity index (χ0v) is 19.2. The molecule has 33 heavy (non-hydrogen) atoms. The minimum atomic E-state index is -0.588. The lowest BCUT2D eigenvalue weighted by atomic mass is 9.97. The van der Waals surface area contributed by atoms with Crippen LogP contribution in [-0.2, 0) is 28.6 Å². The number of fused-ring (bicyclic) bond motifs is 1. The van der Waals surface area contributed by atoms with Crippen molar-refractivity contribution >= 4 is 28.9 Å². The van der Waals surface area contributed by atoms with E-state index in [0.717, 1.165) is 5.39 Å². The maximum Gasteiger partial charge on any atom is 0.344 e. The number of carbonyl (C=O) groups excluding carboxylic acids is 3. The van der Waals surface area contributed by atoms with Crippen LogP contribution in [0.15, 0.2) is 39.5 Å². The first-order valence-electron chi connectivity index (χ1n) is 10.8. The summed E-state index contributed by atoms with van der Waals surface area (Å²) in [6.45, 7) is 5.26. The van der Waals surface area contributed by atoms with E-state index in [1.807, 2.05) is 0 Å². The van der Waals surface area contributed by atoms with Crippen molar-refractivity contribution in [3.8, 4) is 5.75 Å². The highest BCUT2D eigenvalue weighted by molar-refractivity contribution is 5.78. The second-order valence-corrected chi connectivity index (χ2v) is 8.38. The Balaban J connectivity index is 1.51. The molecule has 0 aliphatic heterocycles. The molecule has 0 amide bonds. The Morgan fingerprint density at radius 1 is 0.848 bits per heavy atom. The minimum Gasteiger partial charge on any atom is -0.482 e. The first-order chi connectivity index (χ1) is 15.6. The monoisotopic (exact) mass is 462 g/mol. The summed E-state index contributed by atoms with van der Waals surface area (Å²) < 4.78 is 25.6. The molecule has 0 aliphatic carbocycles. The molecule has 0 saturated heterocycles. The van der Waals surface area contributed by atoms with Crippen LogP contribution in [0.3, 0.4) is 0 Å². The summed E-state index contributed by atoms with van der Waals surface area (Å²) in [7, 11) is 0. The summed E-state index contributed by atoms with van der Waals surface area (Å²) in [4.78, 5) is 46.3. The maximum absolute atomic E-state index is 11.8. The number of esters is 3. The van der Waals surface area contributed by atoms with Gasteiger partial charge in [-0.3, -0.25) is 9.59 Å². The normalized spacial score (nSPS) is 11.1. The number of benzene rings is 1. The van der Waals surface area contributed by atoms with E-state index in [0.29, 0.717) is 30.6 Å². The van der Waals surface area contributed by atoms with Crippen LogP contribution < -0.4 is 10.4 Å². The highest BCUT2D eigenvalue weighted by Gasteiger charge is 2.22. The summed E-state index contributed by atoms with van der Waals surface area (Å²) >= 11 is 0. The minimum absolute atomic E-state index is 0.0294. The standard InChI is InChI=1S/C24H30O9/c1-24(2,3)23(28)31-14-13-30-20(25)7-5-4-6-12-29-22(27)16-32-18-10-8-17-9-11-21(26)33-19(17)15-18/h8-11,15H,4-7,12-14,16H2,1-3H3. The molecule has 0 N–H and O–H groups in total. The molecule has 1 heterocycles. The molecular weight excluding hydrogens is 432 g/mol. The fourth-order valence-electron chi connectivity index (χ4n) is 2.63. The third kappa shape index (κ3) is 9.76. The van der Waals surface area contributed by atoms with Crippen molar-refractivity contribution in [2.75, 3.05) is 26.4 Å². The van der Waals surface area contributed by atoms with Crippen LogP contribution in [0.25, 0.3) is 11.0 Å². The van der Waals surface area contributed by atoms with Crippen LogP contribution in [0.5, 0.6) is 5.75 Å². The predicted molar refractivity (Wildman–Crippen MR) is 119 cm³/mol. The summed E-state index contributed by atoms with van der Waals surface area (Å²) in [5, 5.41) is 0.748. The Morgan fingerprint density at radius 3 is 2.30 bits per heavy atom. The van der Waals surface area contributed by atoms with Crippen molar-refractivity contribution in [3.63, 3.8) is 0 Å². The molecule has 0 fully saturated rings. The van der Waals surface area contributed by atoms with Crippen molar-refractivity contribution in [2.45, 2.75) is 46.5 Å². The summed E-state index contributed by atoms with van der Waals surface area (Å²) in [6.07, 6.45) is 2.12. The molecule has 0 radical (unpaired) electrons. The first-order valence-corrected chi connectivity index (χ1v) is 10.8. The first kappa shape index (κ1) is 25.9. The van der Waals surface area contributed by atoms with E-state index in [2.05, 4.69) is 0 Å². The molecule has 2 aromatic rings. The molecule has 9 nitrogen and oxygen atoms in total. The quantitative estimate of drug-likeness (QED) is 0.202. The highest BCUT2D eigenvalue weighted by Crippen LogP contribution is 2.19. The van der Waals surface area contributed by atoms with Gasteiger partial charge in [-0.25, -0.2) is 9.59 Å². The smallest absolute Gasteiger partial charge is 0.344 e. The maximum atomic E-state index is 11.8. The Kier molecular flexibility index (Phi) is 9.90. The topological polar surface area (TPSA) is 118 Å². The van der Waals surface area contributed by atoms with E-state index in [-0.39, 0.29) is 44.8 Å². The molecule has 9 heteroatoms. The van der Waals surface area contributed by atoms with Crippen LogP contribution in [0.2, 0.25) is 0 Å². The lowest BCUT2D eigenvalue weighted by Crippen LogP contribution is -2.24. The Hall–Kier alpha value is -3.36. The lowest BCUT2D eigenvalue weighted by Gasteiger charge is -2.16. The van der Waals surface area contributed by atoms with Gasteiger partial charge in [0, 0.05) is 23.9 Å². The highest BCUT2D eigenvalue weighted by atomic mass is 16.6. The molecule has 0 unspecified atom stereocenters. The number of rotatable bonds is 12. The van der Waals surface area contributed by atoms with E-state index in [4.69, 9.17) is 23.4 Å². The van der Waals surface area contributed by atoms with Gasteiger partial charge in [-0.15, -0.1) is 0 Å². The Labute approximate surface area is 191 Å². The van der Waals surface area contributed by atoms with Gasteiger partial charge in [0.15, 0.2) is 6.61 Å². The Bertz CT molecular complexity index is 1000. The van der Waals surface area contributed by atoms with Crippen LogP contribution in [0.1, 0.15) is 46.5 Å². The molecule has 180 valence electrons. The van der Waals surface area contributed by atoms with Gasteiger partial charge in [0.25, 0.3) is 0 Å². The summed E-state index contributed by atoms with van der Waals surface area (Å²) in [5.41, 5.74) is -0.679. The predicted octanol–water partition coefficient (Wildman–Crippen LogP) is 3.41. The van der Waals surface area contributed by atoms with E-state index in [1.54, 1.807) is 39.0 Å². The molecule has 0 saturated carbocycles. The van der Waals surface area contributed by atoms with Gasteiger partial charge in [0.1, 0.15) is 24.5 Å². The van der Waals surface area contributed by atoms with Gasteiger partial charge in [-0.1, -0.05) is 0 Å². The van der Waals surface area contributed by atoms with E-state index in [9.17, 15) is 19.2 Å². The van der Waals surface area contributed by atoms with E-state index >= 15 is 0 Å². The third-order valence-corrected chi connectivity index (χ3v) is 4.43. The zero-order valence-electron chi connectivity index (χ0n) is 19.2. The van der Waals surface area contributed by atoms with Gasteiger partial charge in [0.05, 0.1) is 12.0 Å². The van der Waals surface area contributed by atoms with Gasteiger partial charge in [-0.2, -0.15) is 0 Å². The molecular formula is C24H30O9. The van der Waals surface area contributed by atoms with Crippen molar-refractivity contribution in [2.24, 2.45) is 5.41 Å². The Morgan fingerprint density at radius 2 is 1.55 bits per heavy atom. The van der Waals surface area contributed by atoms with Gasteiger partial charge >= 0.3 is 23.5 Å². The number of ether oxygens (including phenoxy) is 4. The van der Waals surface area contributed by atoms with Gasteiger partial charge < -0.3 is 23.4 Å². The van der Waals surface area contributed by atoms with Crippen molar-refractivity contribution in [3.05, 3.63) is 40.8 Å². The van der Waals surface area contributed by atoms with Gasteiger partial charge in [-0.05, 0) is 58.2 Å². The van der Waals surface area contributed by atoms with Crippen molar-refractivity contribution < 1.29 is 37.7 Å². The fourth-order valence-corrected chi connectivity index (χ4v) is 2.63. The van der Waals surface area contributed by atoms with Gasteiger partial charge in [0.2, 0.25) is 0 Å². The zero-order chi connectivity index (χ0) is 24.3. The van der Waals surface area contributed by atoms with Crippen LogP contribution in [0.4, 0.5) is 0 Å². The van der Waals surface area contributed by atoms with Crippen LogP contribution in [0, 0.1) is 5.41 Å². The van der Waals surface area contributed by atoms with Crippen LogP contribution >= 0.6 is 0 Å². The largest absolute Gasteiger partial charge is 0.482 e. The molecule has 0 aliphatic rings. The lowest BCUT2D eigenvalue weighted by molar-refractivity contribution is -0.158. The molecule has 0 atom stereocenters. The molecule has 0 spiro atoms. The SMILES string of the molecule is CC(C)(C)C(=O)OCCOC(=O)CCCCCOC(=O)COc1ccc2ccc(=O)oc2c1. The average molecular weight is 462 g/mol. The van der Waals surface area contributed by atoms with Crippen molar-refractivity contribution in [1.29, 1.82) is 0 Å². The average Bonchev–Trinajstić information content (AvgIpc) is 2.76. The molecule has 0 bridgehead atoms.